The lowest BCUT2D eigenvalue weighted by molar-refractivity contribution is -0.139. The molecule has 106 valence electrons. The molecule has 0 heterocycles. The van der Waals surface area contributed by atoms with Crippen LogP contribution in [0.5, 0.6) is 0 Å². The molecule has 19 heavy (non-hydrogen) atoms. The first kappa shape index (κ1) is 16.0. The summed E-state index contributed by atoms with van der Waals surface area (Å²) in [5.74, 6) is -2.77. The maximum Gasteiger partial charge on any atom is 0.320 e. The van der Waals surface area contributed by atoms with E-state index in [-0.39, 0.29) is 6.54 Å². The van der Waals surface area contributed by atoms with Gasteiger partial charge in [0, 0.05) is 12.6 Å². The van der Waals surface area contributed by atoms with Crippen LogP contribution < -0.4 is 4.72 Å². The highest BCUT2D eigenvalue weighted by Crippen LogP contribution is 2.15. The van der Waals surface area contributed by atoms with Crippen molar-refractivity contribution in [2.24, 2.45) is 0 Å². The van der Waals surface area contributed by atoms with Gasteiger partial charge in [-0.05, 0) is 12.1 Å². The maximum absolute atomic E-state index is 13.3. The van der Waals surface area contributed by atoms with Gasteiger partial charge in [-0.15, -0.1) is 0 Å². The normalized spacial score (nSPS) is 13.1. The molecule has 0 aliphatic heterocycles. The molecule has 0 aromatic heterocycles. The van der Waals surface area contributed by atoms with E-state index < -0.39 is 37.3 Å². The largest absolute Gasteiger partial charge is 0.468 e. The molecule has 0 saturated heterocycles. The first-order valence-corrected chi connectivity index (χ1v) is 7.34. The molecule has 1 unspecified atom stereocenters. The van der Waals surface area contributed by atoms with E-state index in [9.17, 15) is 22.0 Å². The number of hydrogen-bond donors (Lipinski definition) is 1. The molecule has 0 saturated carbocycles. The van der Waals surface area contributed by atoms with Gasteiger partial charge in [-0.1, -0.05) is 15.9 Å². The number of alkyl halides is 1. The second-order valence-corrected chi connectivity index (χ2v) is 6.26. The van der Waals surface area contributed by atoms with Gasteiger partial charge >= 0.3 is 5.97 Å². The molecule has 0 radical (unpaired) electrons. The van der Waals surface area contributed by atoms with Crippen LogP contribution in [0.3, 0.4) is 0 Å². The molecule has 5 nitrogen and oxygen atoms in total. The summed E-state index contributed by atoms with van der Waals surface area (Å²) >= 11 is 2.90. The molecule has 0 fully saturated rings. The zero-order valence-electron chi connectivity index (χ0n) is 9.69. The predicted octanol–water partition coefficient (Wildman–Crippen LogP) is 1.18. The number of benzene rings is 1. The van der Waals surface area contributed by atoms with Gasteiger partial charge in [0.25, 0.3) is 0 Å². The Balaban J connectivity index is 2.85. The molecular formula is C10H10BrF2NO4S. The third-order valence-corrected chi connectivity index (χ3v) is 4.25. The summed E-state index contributed by atoms with van der Waals surface area (Å²) in [6, 6.07) is 2.08. The van der Waals surface area contributed by atoms with Crippen molar-refractivity contribution in [3.63, 3.8) is 0 Å². The van der Waals surface area contributed by atoms with Crippen LogP contribution in [0.4, 0.5) is 8.78 Å². The third-order valence-electron chi connectivity index (χ3n) is 2.09. The number of sulfonamides is 1. The van der Waals surface area contributed by atoms with Crippen LogP contribution in [-0.2, 0) is 19.6 Å². The van der Waals surface area contributed by atoms with Crippen molar-refractivity contribution < 1.29 is 26.7 Å². The van der Waals surface area contributed by atoms with Crippen molar-refractivity contribution in [2.45, 2.75) is 9.72 Å². The van der Waals surface area contributed by atoms with Crippen LogP contribution in [0.1, 0.15) is 0 Å². The van der Waals surface area contributed by atoms with Crippen LogP contribution in [-0.4, -0.2) is 32.9 Å². The van der Waals surface area contributed by atoms with E-state index in [1.54, 1.807) is 0 Å². The Hall–Kier alpha value is -1.06. The Labute approximate surface area is 117 Å². The van der Waals surface area contributed by atoms with Crippen molar-refractivity contribution in [3.05, 3.63) is 29.8 Å². The average Bonchev–Trinajstić information content (AvgIpc) is 2.34. The monoisotopic (exact) mass is 357 g/mol. The highest BCUT2D eigenvalue weighted by atomic mass is 79.9. The van der Waals surface area contributed by atoms with Crippen LogP contribution in [0.2, 0.25) is 0 Å². The topological polar surface area (TPSA) is 72.5 Å². The number of nitrogens with one attached hydrogen (secondary N) is 1. The van der Waals surface area contributed by atoms with E-state index >= 15 is 0 Å². The van der Waals surface area contributed by atoms with Crippen molar-refractivity contribution in [3.8, 4) is 0 Å². The Morgan fingerprint density at radius 2 is 2.11 bits per heavy atom. The highest BCUT2D eigenvalue weighted by Gasteiger charge is 2.23. The second-order valence-electron chi connectivity index (χ2n) is 3.42. The van der Waals surface area contributed by atoms with Crippen LogP contribution in [0.15, 0.2) is 23.1 Å². The molecule has 1 N–H and O–H groups in total. The van der Waals surface area contributed by atoms with Gasteiger partial charge in [0.05, 0.1) is 7.11 Å². The van der Waals surface area contributed by atoms with Gasteiger partial charge in [-0.3, -0.25) is 4.79 Å². The summed E-state index contributed by atoms with van der Waals surface area (Å²) in [6.07, 6.45) is 0. The number of carbonyl (C=O) groups is 1. The van der Waals surface area contributed by atoms with Crippen molar-refractivity contribution in [1.29, 1.82) is 0 Å². The van der Waals surface area contributed by atoms with Gasteiger partial charge in [0.2, 0.25) is 10.0 Å². The van der Waals surface area contributed by atoms with Gasteiger partial charge in [0.15, 0.2) is 0 Å². The van der Waals surface area contributed by atoms with E-state index in [1.165, 1.54) is 0 Å². The fourth-order valence-electron chi connectivity index (χ4n) is 1.16. The Kier molecular flexibility index (Phi) is 5.39. The molecule has 1 rings (SSSR count). The fraction of sp³-hybridized carbons (Fsp3) is 0.300. The smallest absolute Gasteiger partial charge is 0.320 e. The number of hydrogen-bond acceptors (Lipinski definition) is 4. The Morgan fingerprint density at radius 1 is 1.47 bits per heavy atom. The maximum atomic E-state index is 13.3. The molecule has 0 aliphatic carbocycles. The summed E-state index contributed by atoms with van der Waals surface area (Å²) < 4.78 is 55.9. The van der Waals surface area contributed by atoms with E-state index in [1.807, 2.05) is 4.72 Å². The third kappa shape index (κ3) is 4.22. The molecule has 0 aliphatic rings. The van der Waals surface area contributed by atoms with E-state index in [2.05, 4.69) is 20.7 Å². The molecule has 1 aromatic rings. The van der Waals surface area contributed by atoms with Gasteiger partial charge in [-0.25, -0.2) is 21.9 Å². The lowest BCUT2D eigenvalue weighted by Gasteiger charge is -2.10. The second kappa shape index (κ2) is 6.40. The van der Waals surface area contributed by atoms with Crippen LogP contribution >= 0.6 is 15.9 Å². The van der Waals surface area contributed by atoms with Gasteiger partial charge in [0.1, 0.15) is 21.4 Å². The summed E-state index contributed by atoms with van der Waals surface area (Å²) in [5, 5.41) is 0. The van der Waals surface area contributed by atoms with Crippen molar-refractivity contribution >= 4 is 31.9 Å². The molecule has 1 atom stereocenters. The predicted molar refractivity (Wildman–Crippen MR) is 66.3 cm³/mol. The fourth-order valence-corrected chi connectivity index (χ4v) is 2.83. The minimum Gasteiger partial charge on any atom is -0.468 e. The molecule has 9 heteroatoms. The number of ether oxygens (including phenoxy) is 1. The quantitative estimate of drug-likeness (QED) is 0.634. The van der Waals surface area contributed by atoms with Crippen LogP contribution in [0, 0.1) is 11.6 Å². The van der Waals surface area contributed by atoms with E-state index in [0.29, 0.717) is 6.07 Å². The molecule has 0 bridgehead atoms. The Bertz CT molecular complexity index is 579. The van der Waals surface area contributed by atoms with E-state index in [0.717, 1.165) is 19.2 Å². The number of halogens is 3. The highest BCUT2D eigenvalue weighted by molar-refractivity contribution is 9.10. The minimum atomic E-state index is -4.17. The van der Waals surface area contributed by atoms with Gasteiger partial charge < -0.3 is 4.74 Å². The summed E-state index contributed by atoms with van der Waals surface area (Å²) in [5.41, 5.74) is 0. The zero-order valence-corrected chi connectivity index (χ0v) is 12.1. The number of esters is 1. The van der Waals surface area contributed by atoms with Crippen LogP contribution in [0.25, 0.3) is 0 Å². The average molecular weight is 358 g/mol. The van der Waals surface area contributed by atoms with Crippen molar-refractivity contribution in [2.75, 3.05) is 13.7 Å². The lowest BCUT2D eigenvalue weighted by atomic mass is 10.3. The van der Waals surface area contributed by atoms with Gasteiger partial charge in [-0.2, -0.15) is 0 Å². The summed E-state index contributed by atoms with van der Waals surface area (Å²) in [4.78, 5) is 9.45. The summed E-state index contributed by atoms with van der Waals surface area (Å²) in [6.45, 7) is -0.328. The molecule has 0 spiro atoms. The lowest BCUT2D eigenvalue weighted by Crippen LogP contribution is -2.34. The first-order valence-electron chi connectivity index (χ1n) is 4.94. The number of methoxy groups -OCH3 is 1. The standard InChI is InChI=1S/C10H10BrF2NO4S/c1-18-10(15)7(11)5-14-19(16,17)9-3-2-6(12)4-8(9)13/h2-4,7,14H,5H2,1H3. The van der Waals surface area contributed by atoms with Crippen molar-refractivity contribution in [1.82, 2.24) is 4.72 Å². The SMILES string of the molecule is COC(=O)C(Br)CNS(=O)(=O)c1ccc(F)cc1F. The number of carbonyl (C=O) groups excluding carboxylic acids is 1. The summed E-state index contributed by atoms with van der Waals surface area (Å²) in [7, 11) is -3.03. The minimum absolute atomic E-state index is 0.328. The first-order chi connectivity index (χ1) is 8.77. The Morgan fingerprint density at radius 3 is 2.63 bits per heavy atom. The molecule has 1 aromatic carbocycles. The number of rotatable bonds is 5. The molecular weight excluding hydrogens is 348 g/mol. The van der Waals surface area contributed by atoms with E-state index in [4.69, 9.17) is 0 Å². The zero-order chi connectivity index (χ0) is 14.6. The molecule has 0 amide bonds.